The topological polar surface area (TPSA) is 51.5 Å². The summed E-state index contributed by atoms with van der Waals surface area (Å²) in [4.78, 5) is 10.8. The van der Waals surface area contributed by atoms with Crippen molar-refractivity contribution in [3.8, 4) is 0 Å². The second-order valence-corrected chi connectivity index (χ2v) is 2.26. The Morgan fingerprint density at radius 1 is 1.82 bits per heavy atom. The number of ether oxygens (including phenoxy) is 1. The first kappa shape index (κ1) is 7.94. The molecular formula is C6H6ClNO3. The maximum absolute atomic E-state index is 10.8. The van der Waals surface area contributed by atoms with E-state index in [1.807, 2.05) is 0 Å². The first-order valence-electron chi connectivity index (χ1n) is 2.81. The molecule has 0 aliphatic carbocycles. The predicted molar refractivity (Wildman–Crippen MR) is 38.0 cm³/mol. The number of carbonyl (C=O) groups is 1. The van der Waals surface area contributed by atoms with Crippen LogP contribution in [0, 0.1) is 0 Å². The summed E-state index contributed by atoms with van der Waals surface area (Å²) in [5, 5.41) is 9.13. The maximum atomic E-state index is 10.8. The zero-order valence-corrected chi connectivity index (χ0v) is 6.50. The van der Waals surface area contributed by atoms with Crippen molar-refractivity contribution < 1.29 is 14.7 Å². The van der Waals surface area contributed by atoms with Gasteiger partial charge in [-0.3, -0.25) is 0 Å². The van der Waals surface area contributed by atoms with E-state index < -0.39 is 5.97 Å². The van der Waals surface area contributed by atoms with Gasteiger partial charge in [-0.15, -0.1) is 0 Å². The van der Waals surface area contributed by atoms with Crippen molar-refractivity contribution in [1.82, 2.24) is 4.73 Å². The molecule has 0 radical (unpaired) electrons. The molecule has 5 heteroatoms. The smallest absolute Gasteiger partial charge is 0.359 e. The third-order valence-corrected chi connectivity index (χ3v) is 1.50. The van der Waals surface area contributed by atoms with Gasteiger partial charge >= 0.3 is 5.97 Å². The Bertz CT molecular complexity index is 262. The number of carbonyl (C=O) groups excluding carboxylic acids is 1. The Morgan fingerprint density at radius 2 is 2.45 bits per heavy atom. The Balaban J connectivity index is 3.10. The van der Waals surface area contributed by atoms with Crippen LogP contribution < -0.4 is 0 Å². The van der Waals surface area contributed by atoms with Gasteiger partial charge in [0.25, 0.3) is 0 Å². The van der Waals surface area contributed by atoms with Crippen LogP contribution in [0.5, 0.6) is 0 Å². The zero-order valence-electron chi connectivity index (χ0n) is 5.74. The predicted octanol–water partition coefficient (Wildman–Crippen LogP) is 1.17. The Hall–Kier alpha value is -1.16. The minimum Gasteiger partial charge on any atom is -0.464 e. The lowest BCUT2D eigenvalue weighted by molar-refractivity contribution is 0.0549. The van der Waals surface area contributed by atoms with Crippen LogP contribution in [0.15, 0.2) is 12.3 Å². The lowest BCUT2D eigenvalue weighted by Gasteiger charge is -1.98. The summed E-state index contributed by atoms with van der Waals surface area (Å²) in [6.45, 7) is 0. The molecule has 1 heterocycles. The molecule has 1 aromatic rings. The fourth-order valence-electron chi connectivity index (χ4n) is 0.687. The Kier molecular flexibility index (Phi) is 2.05. The number of esters is 1. The highest BCUT2D eigenvalue weighted by atomic mass is 35.5. The van der Waals surface area contributed by atoms with E-state index in [-0.39, 0.29) is 10.7 Å². The molecule has 1 rings (SSSR count). The Labute approximate surface area is 67.9 Å². The van der Waals surface area contributed by atoms with E-state index in [0.717, 1.165) is 0 Å². The molecule has 0 unspecified atom stereocenters. The number of aromatic nitrogens is 1. The summed E-state index contributed by atoms with van der Waals surface area (Å²) in [6.07, 6.45) is 1.26. The number of methoxy groups -OCH3 is 1. The van der Waals surface area contributed by atoms with Crippen LogP contribution in [0.25, 0.3) is 0 Å². The van der Waals surface area contributed by atoms with Crippen molar-refractivity contribution >= 4 is 17.6 Å². The van der Waals surface area contributed by atoms with Crippen LogP contribution in [-0.4, -0.2) is 23.0 Å². The second kappa shape index (κ2) is 2.84. The van der Waals surface area contributed by atoms with Crippen LogP contribution in [0.1, 0.15) is 10.5 Å². The van der Waals surface area contributed by atoms with Gasteiger partial charge in [-0.25, -0.2) is 4.79 Å². The molecule has 1 aromatic heterocycles. The molecule has 0 atom stereocenters. The van der Waals surface area contributed by atoms with Crippen LogP contribution in [-0.2, 0) is 4.74 Å². The van der Waals surface area contributed by atoms with E-state index in [0.29, 0.717) is 4.73 Å². The Morgan fingerprint density at radius 3 is 2.82 bits per heavy atom. The molecule has 0 saturated carbocycles. The summed E-state index contributed by atoms with van der Waals surface area (Å²) in [5.74, 6) is -0.664. The van der Waals surface area contributed by atoms with E-state index in [9.17, 15) is 4.79 Å². The van der Waals surface area contributed by atoms with Gasteiger partial charge in [0.15, 0.2) is 5.69 Å². The molecular weight excluding hydrogens is 170 g/mol. The molecule has 4 nitrogen and oxygen atoms in total. The average molecular weight is 176 g/mol. The lowest BCUT2D eigenvalue weighted by Crippen LogP contribution is -2.07. The summed E-state index contributed by atoms with van der Waals surface area (Å²) in [5.41, 5.74) is -0.0610. The number of rotatable bonds is 1. The first-order valence-corrected chi connectivity index (χ1v) is 3.19. The van der Waals surface area contributed by atoms with Crippen molar-refractivity contribution in [2.75, 3.05) is 7.11 Å². The van der Waals surface area contributed by atoms with Gasteiger partial charge in [0.05, 0.1) is 12.1 Å². The summed E-state index contributed by atoms with van der Waals surface area (Å²) in [6, 6.07) is 1.40. The minimum atomic E-state index is -0.664. The molecule has 0 fully saturated rings. The monoisotopic (exact) mass is 175 g/mol. The third kappa shape index (κ3) is 1.30. The number of hydrogen-bond donors (Lipinski definition) is 1. The van der Waals surface area contributed by atoms with Crippen LogP contribution in [0.2, 0.25) is 5.02 Å². The van der Waals surface area contributed by atoms with Crippen molar-refractivity contribution in [3.63, 3.8) is 0 Å². The normalized spacial score (nSPS) is 9.64. The molecule has 0 bridgehead atoms. The number of halogens is 1. The molecule has 0 aliphatic heterocycles. The minimum absolute atomic E-state index is 0.0610. The van der Waals surface area contributed by atoms with E-state index in [2.05, 4.69) is 4.74 Å². The van der Waals surface area contributed by atoms with Crippen molar-refractivity contribution in [2.45, 2.75) is 0 Å². The van der Waals surface area contributed by atoms with E-state index in [1.165, 1.54) is 19.4 Å². The highest BCUT2D eigenvalue weighted by molar-refractivity contribution is 6.33. The van der Waals surface area contributed by atoms with Gasteiger partial charge in [0.2, 0.25) is 0 Å². The quantitative estimate of drug-likeness (QED) is 0.515. The molecule has 1 N–H and O–H groups in total. The zero-order chi connectivity index (χ0) is 8.43. The van der Waals surface area contributed by atoms with Gasteiger partial charge in [-0.05, 0) is 6.07 Å². The van der Waals surface area contributed by atoms with Gasteiger partial charge in [0, 0.05) is 6.20 Å². The average Bonchev–Trinajstić information content (AvgIpc) is 2.30. The molecule has 0 amide bonds. The summed E-state index contributed by atoms with van der Waals surface area (Å²) in [7, 11) is 1.21. The van der Waals surface area contributed by atoms with Crippen LogP contribution in [0.4, 0.5) is 0 Å². The number of nitrogens with zero attached hydrogens (tertiary/aromatic N) is 1. The molecule has 60 valence electrons. The van der Waals surface area contributed by atoms with Crippen molar-refractivity contribution in [1.29, 1.82) is 0 Å². The van der Waals surface area contributed by atoms with E-state index in [1.54, 1.807) is 0 Å². The number of hydrogen-bond acceptors (Lipinski definition) is 3. The van der Waals surface area contributed by atoms with E-state index in [4.69, 9.17) is 16.8 Å². The molecule has 11 heavy (non-hydrogen) atoms. The van der Waals surface area contributed by atoms with Crippen LogP contribution >= 0.6 is 11.6 Å². The van der Waals surface area contributed by atoms with Crippen LogP contribution in [0.3, 0.4) is 0 Å². The highest BCUT2D eigenvalue weighted by Gasteiger charge is 2.15. The molecule has 0 spiro atoms. The SMILES string of the molecule is COC(=O)c1c(Cl)ccn1O. The van der Waals surface area contributed by atoms with E-state index >= 15 is 0 Å². The van der Waals surface area contributed by atoms with Crippen molar-refractivity contribution in [3.05, 3.63) is 23.0 Å². The van der Waals surface area contributed by atoms with Gasteiger partial charge in [-0.1, -0.05) is 11.6 Å². The standard InChI is InChI=1S/C6H6ClNO3/c1-11-6(9)5-4(7)2-3-8(5)10/h2-3,10H,1H3. The molecule has 0 aromatic carbocycles. The van der Waals surface area contributed by atoms with Gasteiger partial charge < -0.3 is 9.94 Å². The molecule has 0 saturated heterocycles. The third-order valence-electron chi connectivity index (χ3n) is 1.20. The maximum Gasteiger partial charge on any atom is 0.359 e. The second-order valence-electron chi connectivity index (χ2n) is 1.85. The van der Waals surface area contributed by atoms with Gasteiger partial charge in [-0.2, -0.15) is 4.73 Å². The molecule has 0 aliphatic rings. The fraction of sp³-hybridized carbons (Fsp3) is 0.167. The summed E-state index contributed by atoms with van der Waals surface area (Å²) >= 11 is 5.54. The largest absolute Gasteiger partial charge is 0.464 e. The lowest BCUT2D eigenvalue weighted by atomic mass is 10.4. The summed E-state index contributed by atoms with van der Waals surface area (Å²) < 4.78 is 4.97. The fourth-order valence-corrected chi connectivity index (χ4v) is 0.907. The van der Waals surface area contributed by atoms with Crippen molar-refractivity contribution in [2.24, 2.45) is 0 Å². The highest BCUT2D eigenvalue weighted by Crippen LogP contribution is 2.16. The first-order chi connectivity index (χ1) is 5.16. The van der Waals surface area contributed by atoms with Gasteiger partial charge in [0.1, 0.15) is 0 Å².